The molecule has 6 heteroatoms. The number of hydrogen-bond acceptors (Lipinski definition) is 4. The molecule has 1 aliphatic heterocycles. The number of nitrogens with zero attached hydrogens (tertiary/aromatic N) is 2. The number of methoxy groups -OCH3 is 1. The van der Waals surface area contributed by atoms with Crippen LogP contribution in [-0.4, -0.2) is 36.9 Å². The number of ether oxygens (including phenoxy) is 1. The number of carboxylic acid groups (broad SMARTS) is 1. The highest BCUT2D eigenvalue weighted by Crippen LogP contribution is 2.31. The molecule has 2 atom stereocenters. The second-order valence-electron chi connectivity index (χ2n) is 4.37. The van der Waals surface area contributed by atoms with Crippen LogP contribution in [0.2, 0.25) is 0 Å². The molecule has 100 valence electrons. The van der Waals surface area contributed by atoms with Gasteiger partial charge in [0.2, 0.25) is 0 Å². The molecule has 0 spiro atoms. The maximum Gasteiger partial charge on any atom is 0.326 e. The van der Waals surface area contributed by atoms with Crippen molar-refractivity contribution in [1.82, 2.24) is 0 Å². The van der Waals surface area contributed by atoms with Crippen LogP contribution in [0.1, 0.15) is 12.0 Å². The maximum atomic E-state index is 11.3. The van der Waals surface area contributed by atoms with Crippen molar-refractivity contribution < 1.29 is 14.6 Å². The molecule has 1 aromatic carbocycles. The minimum Gasteiger partial charge on any atom is -0.480 e. The number of carboxylic acids is 1. The Labute approximate surface area is 119 Å². The van der Waals surface area contributed by atoms with Crippen molar-refractivity contribution in [3.8, 4) is 6.07 Å². The van der Waals surface area contributed by atoms with Gasteiger partial charge in [0.25, 0.3) is 0 Å². The Morgan fingerprint density at radius 1 is 1.63 bits per heavy atom. The van der Waals surface area contributed by atoms with Gasteiger partial charge in [-0.05, 0) is 18.2 Å². The van der Waals surface area contributed by atoms with Gasteiger partial charge < -0.3 is 14.7 Å². The summed E-state index contributed by atoms with van der Waals surface area (Å²) in [4.78, 5) is 13.0. The molecule has 2 rings (SSSR count). The molecule has 5 nitrogen and oxygen atoms in total. The number of hydrogen-bond donors (Lipinski definition) is 1. The van der Waals surface area contributed by atoms with Crippen LogP contribution in [0.15, 0.2) is 22.7 Å². The Bertz CT molecular complexity index is 541. The lowest BCUT2D eigenvalue weighted by molar-refractivity contribution is -0.138. The topological polar surface area (TPSA) is 73.6 Å². The fourth-order valence-corrected chi connectivity index (χ4v) is 2.68. The third-order valence-electron chi connectivity index (χ3n) is 3.27. The first kappa shape index (κ1) is 13.8. The number of benzene rings is 1. The second-order valence-corrected chi connectivity index (χ2v) is 5.29. The molecule has 1 aromatic rings. The van der Waals surface area contributed by atoms with Crippen LogP contribution in [-0.2, 0) is 9.53 Å². The zero-order chi connectivity index (χ0) is 14.0. The average molecular weight is 325 g/mol. The average Bonchev–Trinajstić information content (AvgIpc) is 2.82. The first-order valence-electron chi connectivity index (χ1n) is 5.78. The maximum absolute atomic E-state index is 11.3. The summed E-state index contributed by atoms with van der Waals surface area (Å²) in [6.07, 6.45) is 0.295. The van der Waals surface area contributed by atoms with E-state index >= 15 is 0 Å². The number of aliphatic carboxylic acids is 1. The van der Waals surface area contributed by atoms with Crippen molar-refractivity contribution in [2.24, 2.45) is 0 Å². The summed E-state index contributed by atoms with van der Waals surface area (Å²) in [5, 5.41) is 18.5. The highest BCUT2D eigenvalue weighted by molar-refractivity contribution is 9.10. The van der Waals surface area contributed by atoms with E-state index in [1.165, 1.54) is 0 Å². The monoisotopic (exact) mass is 324 g/mol. The van der Waals surface area contributed by atoms with Gasteiger partial charge in [-0.25, -0.2) is 4.79 Å². The Morgan fingerprint density at radius 3 is 2.95 bits per heavy atom. The quantitative estimate of drug-likeness (QED) is 0.920. The molecule has 1 fully saturated rings. The van der Waals surface area contributed by atoms with Gasteiger partial charge in [-0.3, -0.25) is 0 Å². The molecule has 0 aromatic heterocycles. The first-order valence-corrected chi connectivity index (χ1v) is 6.58. The number of rotatable bonds is 3. The third-order valence-corrected chi connectivity index (χ3v) is 3.76. The Balaban J connectivity index is 2.39. The number of nitriles is 1. The van der Waals surface area contributed by atoms with Crippen LogP contribution in [0, 0.1) is 11.3 Å². The van der Waals surface area contributed by atoms with Crippen LogP contribution < -0.4 is 4.90 Å². The van der Waals surface area contributed by atoms with Gasteiger partial charge in [0.1, 0.15) is 12.1 Å². The Hall–Kier alpha value is -1.58. The second kappa shape index (κ2) is 5.59. The highest BCUT2D eigenvalue weighted by Gasteiger charge is 2.37. The normalized spacial score (nSPS) is 22.3. The van der Waals surface area contributed by atoms with E-state index in [0.717, 1.165) is 4.47 Å². The van der Waals surface area contributed by atoms with Crippen LogP contribution in [0.4, 0.5) is 5.69 Å². The summed E-state index contributed by atoms with van der Waals surface area (Å²) >= 11 is 3.30. The molecule has 0 amide bonds. The minimum absolute atomic E-state index is 0.128. The standard InChI is InChI=1S/C13H13BrN2O3/c1-19-10-5-12(13(17)18)16(7-10)11-3-2-9(14)4-8(11)6-15/h2-4,10,12H,5,7H2,1H3,(H,17,18). The summed E-state index contributed by atoms with van der Waals surface area (Å²) in [6.45, 7) is 0.476. The van der Waals surface area contributed by atoms with E-state index in [4.69, 9.17) is 4.74 Å². The molecule has 0 aliphatic carbocycles. The van der Waals surface area contributed by atoms with Crippen LogP contribution >= 0.6 is 15.9 Å². The molecular formula is C13H13BrN2O3. The van der Waals surface area contributed by atoms with Crippen molar-refractivity contribution in [2.45, 2.75) is 18.6 Å². The van der Waals surface area contributed by atoms with Gasteiger partial charge in [-0.2, -0.15) is 5.26 Å². The summed E-state index contributed by atoms with van der Waals surface area (Å²) < 4.78 is 6.04. The summed E-state index contributed by atoms with van der Waals surface area (Å²) in [7, 11) is 1.57. The van der Waals surface area contributed by atoms with Gasteiger partial charge >= 0.3 is 5.97 Å². The van der Waals surface area contributed by atoms with E-state index in [1.54, 1.807) is 30.2 Å². The molecule has 19 heavy (non-hydrogen) atoms. The van der Waals surface area contributed by atoms with Crippen molar-refractivity contribution >= 4 is 27.6 Å². The summed E-state index contributed by atoms with van der Waals surface area (Å²) in [5.74, 6) is -0.897. The molecule has 1 N–H and O–H groups in total. The minimum atomic E-state index is -0.897. The third kappa shape index (κ3) is 2.72. The van der Waals surface area contributed by atoms with Crippen molar-refractivity contribution in [1.29, 1.82) is 5.26 Å². The number of anilines is 1. The van der Waals surface area contributed by atoms with Gasteiger partial charge in [0.15, 0.2) is 0 Å². The SMILES string of the molecule is COC1CC(C(=O)O)N(c2ccc(Br)cc2C#N)C1. The fraction of sp³-hybridized carbons (Fsp3) is 0.385. The zero-order valence-corrected chi connectivity index (χ0v) is 11.9. The van der Waals surface area contributed by atoms with Crippen LogP contribution in [0.5, 0.6) is 0 Å². The van der Waals surface area contributed by atoms with Gasteiger partial charge in [-0.1, -0.05) is 15.9 Å². The Kier molecular flexibility index (Phi) is 4.08. The van der Waals surface area contributed by atoms with Crippen molar-refractivity contribution in [2.75, 3.05) is 18.6 Å². The molecule has 1 aliphatic rings. The fourth-order valence-electron chi connectivity index (χ4n) is 2.32. The van der Waals surface area contributed by atoms with E-state index in [9.17, 15) is 15.2 Å². The van der Waals surface area contributed by atoms with Crippen LogP contribution in [0.25, 0.3) is 0 Å². The highest BCUT2D eigenvalue weighted by atomic mass is 79.9. The van der Waals surface area contributed by atoms with E-state index in [2.05, 4.69) is 22.0 Å². The molecule has 0 bridgehead atoms. The summed E-state index contributed by atoms with van der Waals surface area (Å²) in [5.41, 5.74) is 1.09. The molecule has 1 saturated heterocycles. The van der Waals surface area contributed by atoms with E-state index < -0.39 is 12.0 Å². The zero-order valence-electron chi connectivity index (χ0n) is 10.3. The van der Waals surface area contributed by atoms with Crippen molar-refractivity contribution in [3.63, 3.8) is 0 Å². The molecule has 2 unspecified atom stereocenters. The molecule has 1 heterocycles. The molecule has 0 saturated carbocycles. The van der Waals surface area contributed by atoms with Gasteiger partial charge in [-0.15, -0.1) is 0 Å². The van der Waals surface area contributed by atoms with E-state index in [1.807, 2.05) is 0 Å². The summed E-state index contributed by atoms with van der Waals surface area (Å²) in [6, 6.07) is 6.70. The first-order chi connectivity index (χ1) is 9.06. The lowest BCUT2D eigenvalue weighted by atomic mass is 10.1. The van der Waals surface area contributed by atoms with Gasteiger partial charge in [0, 0.05) is 24.5 Å². The largest absolute Gasteiger partial charge is 0.480 e. The molecular weight excluding hydrogens is 312 g/mol. The molecule has 0 radical (unpaired) electrons. The Morgan fingerprint density at radius 2 is 2.37 bits per heavy atom. The predicted octanol–water partition coefficient (Wildman–Crippen LogP) is 2.00. The predicted molar refractivity (Wildman–Crippen MR) is 73.0 cm³/mol. The van der Waals surface area contributed by atoms with E-state index in [0.29, 0.717) is 24.2 Å². The van der Waals surface area contributed by atoms with E-state index in [-0.39, 0.29) is 6.10 Å². The number of halogens is 1. The van der Waals surface area contributed by atoms with Gasteiger partial charge in [0.05, 0.1) is 17.4 Å². The lowest BCUT2D eigenvalue weighted by Crippen LogP contribution is -2.36. The van der Waals surface area contributed by atoms with Crippen LogP contribution in [0.3, 0.4) is 0 Å². The number of carbonyl (C=O) groups is 1. The van der Waals surface area contributed by atoms with Crippen molar-refractivity contribution in [3.05, 3.63) is 28.2 Å². The smallest absolute Gasteiger partial charge is 0.326 e. The lowest BCUT2D eigenvalue weighted by Gasteiger charge is -2.24.